The van der Waals surface area contributed by atoms with E-state index in [0.717, 1.165) is 12.5 Å². The quantitative estimate of drug-likeness (QED) is 0.576. The van der Waals surface area contributed by atoms with Gasteiger partial charge in [-0.25, -0.2) is 0 Å². The summed E-state index contributed by atoms with van der Waals surface area (Å²) in [4.78, 5) is 0. The van der Waals surface area contributed by atoms with E-state index in [0.29, 0.717) is 6.10 Å². The van der Waals surface area contributed by atoms with Crippen LogP contribution in [-0.2, 0) is 4.74 Å². The second-order valence-corrected chi connectivity index (χ2v) is 3.22. The van der Waals surface area contributed by atoms with E-state index in [1.807, 2.05) is 0 Å². The van der Waals surface area contributed by atoms with E-state index in [-0.39, 0.29) is 0 Å². The molecule has 0 bridgehead atoms. The normalized spacial score (nSPS) is 34.2. The van der Waals surface area contributed by atoms with E-state index in [1.165, 1.54) is 25.7 Å². The van der Waals surface area contributed by atoms with Crippen molar-refractivity contribution in [2.45, 2.75) is 45.6 Å². The lowest BCUT2D eigenvalue weighted by Crippen LogP contribution is -2.24. The summed E-state index contributed by atoms with van der Waals surface area (Å²) in [5, 5.41) is 0. The minimum Gasteiger partial charge on any atom is -0.378 e. The molecule has 0 aliphatic carbocycles. The first kappa shape index (κ1) is 8.06. The zero-order valence-corrected chi connectivity index (χ0v) is 7.10. The van der Waals surface area contributed by atoms with Crippen LogP contribution >= 0.6 is 0 Å². The highest BCUT2D eigenvalue weighted by atomic mass is 16.5. The van der Waals surface area contributed by atoms with Gasteiger partial charge in [0.1, 0.15) is 0 Å². The van der Waals surface area contributed by atoms with Gasteiger partial charge in [0.05, 0.1) is 6.10 Å². The average Bonchev–Trinajstić information content (AvgIpc) is 2.05. The van der Waals surface area contributed by atoms with Gasteiger partial charge in [-0.1, -0.05) is 20.3 Å². The van der Waals surface area contributed by atoms with Crippen molar-refractivity contribution < 1.29 is 4.74 Å². The fourth-order valence-corrected chi connectivity index (χ4v) is 1.50. The lowest BCUT2D eigenvalue weighted by atomic mass is 9.95. The molecular formula is C9H18O. The molecule has 1 heteroatoms. The van der Waals surface area contributed by atoms with E-state index in [4.69, 9.17) is 4.74 Å². The maximum atomic E-state index is 5.63. The maximum absolute atomic E-state index is 5.63. The van der Waals surface area contributed by atoms with Gasteiger partial charge in [0.2, 0.25) is 0 Å². The fraction of sp³-hybridized carbons (Fsp3) is 1.00. The van der Waals surface area contributed by atoms with Crippen molar-refractivity contribution in [3.8, 4) is 0 Å². The molecule has 1 aliphatic rings. The summed E-state index contributed by atoms with van der Waals surface area (Å²) in [5.74, 6) is 0.850. The summed E-state index contributed by atoms with van der Waals surface area (Å²) in [7, 11) is 0. The Hall–Kier alpha value is -0.0400. The van der Waals surface area contributed by atoms with Crippen molar-refractivity contribution in [3.05, 3.63) is 0 Å². The van der Waals surface area contributed by atoms with Gasteiger partial charge >= 0.3 is 0 Å². The minimum atomic E-state index is 0.572. The molecular weight excluding hydrogens is 124 g/mol. The van der Waals surface area contributed by atoms with Gasteiger partial charge in [-0.2, -0.15) is 0 Å². The Balaban J connectivity index is 2.17. The summed E-state index contributed by atoms with van der Waals surface area (Å²) in [6, 6.07) is 0. The SMILES string of the molecule is CCC1CCC(CC)OC1. The molecule has 1 aliphatic heterocycles. The Labute approximate surface area is 63.8 Å². The van der Waals surface area contributed by atoms with Crippen LogP contribution in [0.5, 0.6) is 0 Å². The topological polar surface area (TPSA) is 9.23 Å². The van der Waals surface area contributed by atoms with Crippen molar-refractivity contribution in [2.75, 3.05) is 6.61 Å². The standard InChI is InChI=1S/C9H18O/c1-3-8-5-6-9(4-2)10-7-8/h8-9H,3-7H2,1-2H3. The zero-order valence-electron chi connectivity index (χ0n) is 7.10. The highest BCUT2D eigenvalue weighted by Crippen LogP contribution is 2.22. The first-order valence-corrected chi connectivity index (χ1v) is 4.48. The molecule has 1 saturated heterocycles. The summed E-state index contributed by atoms with van der Waals surface area (Å²) in [6.45, 7) is 5.46. The Kier molecular flexibility index (Phi) is 3.20. The van der Waals surface area contributed by atoms with E-state index >= 15 is 0 Å². The molecule has 0 aromatic carbocycles. The zero-order chi connectivity index (χ0) is 7.40. The Morgan fingerprint density at radius 2 is 2.00 bits per heavy atom. The lowest BCUT2D eigenvalue weighted by Gasteiger charge is -2.27. The number of hydrogen-bond acceptors (Lipinski definition) is 1. The predicted octanol–water partition coefficient (Wildman–Crippen LogP) is 2.60. The van der Waals surface area contributed by atoms with Gasteiger partial charge in [0.25, 0.3) is 0 Å². The van der Waals surface area contributed by atoms with E-state index in [2.05, 4.69) is 13.8 Å². The smallest absolute Gasteiger partial charge is 0.0572 e. The van der Waals surface area contributed by atoms with E-state index in [1.54, 1.807) is 0 Å². The van der Waals surface area contributed by atoms with Crippen LogP contribution in [0.2, 0.25) is 0 Å². The van der Waals surface area contributed by atoms with Crippen LogP contribution in [0.1, 0.15) is 39.5 Å². The van der Waals surface area contributed by atoms with E-state index < -0.39 is 0 Å². The Morgan fingerprint density at radius 1 is 1.20 bits per heavy atom. The largest absolute Gasteiger partial charge is 0.378 e. The van der Waals surface area contributed by atoms with Crippen molar-refractivity contribution >= 4 is 0 Å². The van der Waals surface area contributed by atoms with Crippen LogP contribution in [0.3, 0.4) is 0 Å². The van der Waals surface area contributed by atoms with Crippen LogP contribution in [0.25, 0.3) is 0 Å². The molecule has 0 aromatic rings. The molecule has 60 valence electrons. The molecule has 2 atom stereocenters. The molecule has 1 fully saturated rings. The molecule has 0 saturated carbocycles. The third kappa shape index (κ3) is 1.98. The lowest BCUT2D eigenvalue weighted by molar-refractivity contribution is -0.0179. The van der Waals surface area contributed by atoms with Crippen molar-refractivity contribution in [3.63, 3.8) is 0 Å². The Morgan fingerprint density at radius 3 is 2.40 bits per heavy atom. The van der Waals surface area contributed by atoms with Crippen LogP contribution in [-0.4, -0.2) is 12.7 Å². The maximum Gasteiger partial charge on any atom is 0.0572 e. The molecule has 1 rings (SSSR count). The summed E-state index contributed by atoms with van der Waals surface area (Å²) in [6.07, 6.45) is 5.72. The van der Waals surface area contributed by atoms with Crippen LogP contribution in [0.4, 0.5) is 0 Å². The van der Waals surface area contributed by atoms with E-state index in [9.17, 15) is 0 Å². The number of ether oxygens (including phenoxy) is 1. The third-order valence-electron chi connectivity index (χ3n) is 2.50. The first-order chi connectivity index (χ1) is 4.86. The number of rotatable bonds is 2. The van der Waals surface area contributed by atoms with Crippen molar-refractivity contribution in [2.24, 2.45) is 5.92 Å². The molecule has 0 radical (unpaired) electrons. The molecule has 10 heavy (non-hydrogen) atoms. The summed E-state index contributed by atoms with van der Waals surface area (Å²) < 4.78 is 5.63. The van der Waals surface area contributed by atoms with Gasteiger partial charge in [-0.15, -0.1) is 0 Å². The van der Waals surface area contributed by atoms with Crippen LogP contribution in [0, 0.1) is 5.92 Å². The monoisotopic (exact) mass is 142 g/mol. The third-order valence-corrected chi connectivity index (χ3v) is 2.50. The molecule has 1 heterocycles. The van der Waals surface area contributed by atoms with Crippen molar-refractivity contribution in [1.82, 2.24) is 0 Å². The van der Waals surface area contributed by atoms with Crippen LogP contribution < -0.4 is 0 Å². The average molecular weight is 142 g/mol. The highest BCUT2D eigenvalue weighted by Gasteiger charge is 2.18. The molecule has 0 N–H and O–H groups in total. The fourth-order valence-electron chi connectivity index (χ4n) is 1.50. The molecule has 2 unspecified atom stereocenters. The summed E-state index contributed by atoms with van der Waals surface area (Å²) in [5.41, 5.74) is 0. The summed E-state index contributed by atoms with van der Waals surface area (Å²) >= 11 is 0. The highest BCUT2D eigenvalue weighted by molar-refractivity contribution is 4.67. The van der Waals surface area contributed by atoms with Crippen LogP contribution in [0.15, 0.2) is 0 Å². The predicted molar refractivity (Wildman–Crippen MR) is 43.0 cm³/mol. The molecule has 0 aromatic heterocycles. The Bertz CT molecular complexity index is 70.7. The molecule has 1 nitrogen and oxygen atoms in total. The first-order valence-electron chi connectivity index (χ1n) is 4.48. The van der Waals surface area contributed by atoms with Gasteiger partial charge in [0, 0.05) is 6.61 Å². The second kappa shape index (κ2) is 3.97. The van der Waals surface area contributed by atoms with Gasteiger partial charge in [-0.05, 0) is 25.2 Å². The van der Waals surface area contributed by atoms with Gasteiger partial charge in [-0.3, -0.25) is 0 Å². The second-order valence-electron chi connectivity index (χ2n) is 3.22. The molecule has 0 spiro atoms. The minimum absolute atomic E-state index is 0.572. The van der Waals surface area contributed by atoms with Gasteiger partial charge in [0.15, 0.2) is 0 Å². The number of hydrogen-bond donors (Lipinski definition) is 0. The van der Waals surface area contributed by atoms with Gasteiger partial charge < -0.3 is 4.74 Å². The van der Waals surface area contributed by atoms with Crippen molar-refractivity contribution in [1.29, 1.82) is 0 Å². The molecule has 0 amide bonds.